The third-order valence-electron chi connectivity index (χ3n) is 1.76. The van der Waals surface area contributed by atoms with E-state index in [2.05, 4.69) is 30.9 Å². The van der Waals surface area contributed by atoms with E-state index in [9.17, 15) is 0 Å². The van der Waals surface area contributed by atoms with Crippen LogP contribution in [0.4, 0.5) is 0 Å². The van der Waals surface area contributed by atoms with E-state index in [1.54, 1.807) is 11.7 Å². The van der Waals surface area contributed by atoms with Crippen LogP contribution in [0.25, 0.3) is 0 Å². The average Bonchev–Trinajstić information content (AvgIpc) is 2.70. The molecule has 14 heavy (non-hydrogen) atoms. The largest absolute Gasteiger partial charge is 0.318 e. The molecule has 0 saturated carbocycles. The first kappa shape index (κ1) is 9.70. The molecule has 0 spiro atoms. The summed E-state index contributed by atoms with van der Waals surface area (Å²) in [7, 11) is 0. The van der Waals surface area contributed by atoms with Crippen LogP contribution in [0.2, 0.25) is 0 Å². The molecule has 2 heterocycles. The maximum Gasteiger partial charge on any atom is 0.115 e. The van der Waals surface area contributed by atoms with Crippen molar-refractivity contribution in [2.24, 2.45) is 5.73 Å². The van der Waals surface area contributed by atoms with Gasteiger partial charge in [0.05, 0.1) is 27.4 Å². The molecule has 72 valence electrons. The molecule has 0 bridgehead atoms. The third-order valence-corrected chi connectivity index (χ3v) is 2.98. The van der Waals surface area contributed by atoms with Gasteiger partial charge in [-0.2, -0.15) is 0 Å². The van der Waals surface area contributed by atoms with Gasteiger partial charge in [-0.3, -0.25) is 0 Å². The number of nitrogens with two attached hydrogens (primary N) is 1. The summed E-state index contributed by atoms with van der Waals surface area (Å²) in [4.78, 5) is 12.1. The van der Waals surface area contributed by atoms with Crippen molar-refractivity contribution in [1.82, 2.24) is 15.0 Å². The van der Waals surface area contributed by atoms with E-state index in [4.69, 9.17) is 5.73 Å². The first-order chi connectivity index (χ1) is 6.79. The molecule has 6 heteroatoms. The molecule has 4 nitrogen and oxygen atoms in total. The van der Waals surface area contributed by atoms with Crippen molar-refractivity contribution in [2.45, 2.75) is 6.04 Å². The van der Waals surface area contributed by atoms with Crippen molar-refractivity contribution in [3.63, 3.8) is 0 Å². The summed E-state index contributed by atoms with van der Waals surface area (Å²) < 4.78 is 0.806. The third kappa shape index (κ3) is 1.82. The smallest absolute Gasteiger partial charge is 0.115 e. The fourth-order valence-electron chi connectivity index (χ4n) is 1.07. The Hall–Kier alpha value is -0.850. The lowest BCUT2D eigenvalue weighted by atomic mass is 10.2. The van der Waals surface area contributed by atoms with Crippen LogP contribution in [0.15, 0.2) is 27.9 Å². The molecule has 2 aromatic rings. The van der Waals surface area contributed by atoms with E-state index < -0.39 is 0 Å². The molecule has 0 fully saturated rings. The van der Waals surface area contributed by atoms with E-state index >= 15 is 0 Å². The number of thiazole rings is 1. The molecule has 0 saturated heterocycles. The molecular weight excluding hydrogens is 264 g/mol. The van der Waals surface area contributed by atoms with Crippen molar-refractivity contribution in [1.29, 1.82) is 0 Å². The van der Waals surface area contributed by atoms with Gasteiger partial charge in [-0.15, -0.1) is 11.3 Å². The zero-order chi connectivity index (χ0) is 9.97. The molecule has 0 amide bonds. The van der Waals surface area contributed by atoms with Crippen LogP contribution in [-0.4, -0.2) is 15.0 Å². The van der Waals surface area contributed by atoms with Crippen molar-refractivity contribution in [2.75, 3.05) is 0 Å². The normalized spacial score (nSPS) is 12.7. The topological polar surface area (TPSA) is 64.7 Å². The Morgan fingerprint density at radius 1 is 1.43 bits per heavy atom. The second kappa shape index (κ2) is 4.12. The lowest BCUT2D eigenvalue weighted by Gasteiger charge is -2.08. The fraction of sp³-hybridized carbons (Fsp3) is 0.125. The molecule has 1 unspecified atom stereocenters. The molecule has 1 atom stereocenters. The van der Waals surface area contributed by atoms with Gasteiger partial charge in [0.25, 0.3) is 0 Å². The average molecular weight is 271 g/mol. The zero-order valence-corrected chi connectivity index (χ0v) is 9.49. The monoisotopic (exact) mass is 270 g/mol. The minimum absolute atomic E-state index is 0.293. The maximum atomic E-state index is 5.99. The lowest BCUT2D eigenvalue weighted by molar-refractivity contribution is 0.788. The number of hydrogen-bond donors (Lipinski definition) is 1. The number of hydrogen-bond acceptors (Lipinski definition) is 5. The van der Waals surface area contributed by atoms with Gasteiger partial charge in [0.1, 0.15) is 6.33 Å². The molecule has 2 rings (SSSR count). The van der Waals surface area contributed by atoms with E-state index in [0.29, 0.717) is 0 Å². The summed E-state index contributed by atoms with van der Waals surface area (Å²) in [5.41, 5.74) is 9.32. The van der Waals surface area contributed by atoms with E-state index in [1.165, 1.54) is 17.7 Å². The standard InChI is InChI=1S/C8H7BrN4S/c9-5-1-11-3-12-8(5)7(10)6-2-14-4-13-6/h1-4,7H,10H2. The van der Waals surface area contributed by atoms with Gasteiger partial charge in [0.15, 0.2) is 0 Å². The summed E-state index contributed by atoms with van der Waals surface area (Å²) in [6.45, 7) is 0. The van der Waals surface area contributed by atoms with Crippen LogP contribution in [-0.2, 0) is 0 Å². The molecular formula is C8H7BrN4S. The molecule has 0 aromatic carbocycles. The SMILES string of the molecule is NC(c1cscn1)c1ncncc1Br. The Morgan fingerprint density at radius 2 is 2.29 bits per heavy atom. The minimum Gasteiger partial charge on any atom is -0.318 e. The van der Waals surface area contributed by atoms with Gasteiger partial charge in [-0.05, 0) is 15.9 Å². The quantitative estimate of drug-likeness (QED) is 0.903. The summed E-state index contributed by atoms with van der Waals surface area (Å²) in [5, 5.41) is 1.92. The first-order valence-electron chi connectivity index (χ1n) is 3.88. The van der Waals surface area contributed by atoms with Gasteiger partial charge in [-0.25, -0.2) is 15.0 Å². The van der Waals surface area contributed by atoms with Gasteiger partial charge < -0.3 is 5.73 Å². The van der Waals surface area contributed by atoms with Crippen molar-refractivity contribution < 1.29 is 0 Å². The number of halogens is 1. The van der Waals surface area contributed by atoms with E-state index in [-0.39, 0.29) is 6.04 Å². The Bertz CT molecular complexity index is 417. The Morgan fingerprint density at radius 3 is 2.93 bits per heavy atom. The molecule has 2 N–H and O–H groups in total. The highest BCUT2D eigenvalue weighted by Gasteiger charge is 2.14. The van der Waals surface area contributed by atoms with Crippen molar-refractivity contribution >= 4 is 27.3 Å². The zero-order valence-electron chi connectivity index (χ0n) is 7.09. The summed E-state index contributed by atoms with van der Waals surface area (Å²) in [6, 6.07) is -0.293. The van der Waals surface area contributed by atoms with Crippen LogP contribution in [0.3, 0.4) is 0 Å². The Labute approximate surface area is 93.4 Å². The second-order valence-corrected chi connectivity index (χ2v) is 4.22. The van der Waals surface area contributed by atoms with Gasteiger partial charge in [0.2, 0.25) is 0 Å². The fourth-order valence-corrected chi connectivity index (χ4v) is 2.12. The maximum absolute atomic E-state index is 5.99. The summed E-state index contributed by atoms with van der Waals surface area (Å²) in [6.07, 6.45) is 3.15. The van der Waals surface area contributed by atoms with Crippen molar-refractivity contribution in [3.05, 3.63) is 39.3 Å². The van der Waals surface area contributed by atoms with Crippen LogP contribution in [0, 0.1) is 0 Å². The summed E-state index contributed by atoms with van der Waals surface area (Å²) in [5.74, 6) is 0. The van der Waals surface area contributed by atoms with Gasteiger partial charge in [-0.1, -0.05) is 0 Å². The molecule has 2 aromatic heterocycles. The van der Waals surface area contributed by atoms with Crippen LogP contribution >= 0.6 is 27.3 Å². The highest BCUT2D eigenvalue weighted by atomic mass is 79.9. The number of nitrogens with zero attached hydrogens (tertiary/aromatic N) is 3. The molecule has 0 aliphatic heterocycles. The van der Waals surface area contributed by atoms with Gasteiger partial charge >= 0.3 is 0 Å². The first-order valence-corrected chi connectivity index (χ1v) is 5.61. The lowest BCUT2D eigenvalue weighted by Crippen LogP contribution is -2.14. The second-order valence-electron chi connectivity index (χ2n) is 2.65. The Kier molecular flexibility index (Phi) is 2.85. The predicted octanol–water partition coefficient (Wildman–Crippen LogP) is 1.74. The Balaban J connectivity index is 2.37. The van der Waals surface area contributed by atoms with E-state index in [0.717, 1.165) is 15.9 Å². The minimum atomic E-state index is -0.293. The highest BCUT2D eigenvalue weighted by Crippen LogP contribution is 2.23. The number of rotatable bonds is 2. The number of aromatic nitrogens is 3. The van der Waals surface area contributed by atoms with Crippen LogP contribution in [0.5, 0.6) is 0 Å². The summed E-state index contributed by atoms with van der Waals surface area (Å²) >= 11 is 4.87. The molecule has 0 aliphatic rings. The predicted molar refractivity (Wildman–Crippen MR) is 57.9 cm³/mol. The van der Waals surface area contributed by atoms with Crippen LogP contribution < -0.4 is 5.73 Å². The molecule has 0 aliphatic carbocycles. The van der Waals surface area contributed by atoms with Gasteiger partial charge in [0, 0.05) is 11.6 Å². The highest BCUT2D eigenvalue weighted by molar-refractivity contribution is 9.10. The van der Waals surface area contributed by atoms with Crippen LogP contribution in [0.1, 0.15) is 17.4 Å². The molecule has 0 radical (unpaired) electrons. The van der Waals surface area contributed by atoms with E-state index in [1.807, 2.05) is 5.38 Å². The van der Waals surface area contributed by atoms with Crippen molar-refractivity contribution in [3.8, 4) is 0 Å².